The van der Waals surface area contributed by atoms with Gasteiger partial charge in [0.2, 0.25) is 0 Å². The number of rotatable bonds is 2. The van der Waals surface area contributed by atoms with Gasteiger partial charge < -0.3 is 14.7 Å². The summed E-state index contributed by atoms with van der Waals surface area (Å²) in [7, 11) is -1.31. The third-order valence-electron chi connectivity index (χ3n) is 2.83. The first-order chi connectivity index (χ1) is 9.58. The first kappa shape index (κ1) is 12.4. The highest BCUT2D eigenvalue weighted by Gasteiger charge is 2.44. The lowest BCUT2D eigenvalue weighted by molar-refractivity contribution is -0.131. The molecule has 0 spiro atoms. The molecule has 20 heavy (non-hydrogen) atoms. The van der Waals surface area contributed by atoms with Crippen molar-refractivity contribution < 1.29 is 28.7 Å². The van der Waals surface area contributed by atoms with Crippen molar-refractivity contribution in [3.05, 3.63) is 35.4 Å². The molecule has 0 unspecified atom stereocenters. The van der Waals surface area contributed by atoms with Crippen LogP contribution >= 0.6 is 0 Å². The number of hydrogen-bond acceptors (Lipinski definition) is 7. The van der Waals surface area contributed by atoms with E-state index in [1.807, 2.05) is 0 Å². The van der Waals surface area contributed by atoms with Crippen molar-refractivity contribution in [1.29, 1.82) is 0 Å². The van der Waals surface area contributed by atoms with Gasteiger partial charge in [0.15, 0.2) is 0 Å². The highest BCUT2D eigenvalue weighted by Crippen LogP contribution is 2.22. The Morgan fingerprint density at radius 3 is 2.30 bits per heavy atom. The number of fused-ring (bicyclic) bond motifs is 1. The van der Waals surface area contributed by atoms with Crippen LogP contribution in [0.5, 0.6) is 0 Å². The highest BCUT2D eigenvalue weighted by atomic mass is 16.7. The Morgan fingerprint density at radius 1 is 1.20 bits per heavy atom. The summed E-state index contributed by atoms with van der Waals surface area (Å²) in [5.41, 5.74) is 0.309. The van der Waals surface area contributed by atoms with Gasteiger partial charge in [0, 0.05) is 0 Å². The normalized spacial score (nSPS) is 17.3. The zero-order valence-electron chi connectivity index (χ0n) is 9.99. The monoisotopic (exact) mass is 274 g/mol. The molecule has 2 amide bonds. The molecule has 3 rings (SSSR count). The molecule has 100 valence electrons. The predicted molar refractivity (Wildman–Crippen MR) is 63.3 cm³/mol. The molecule has 0 atom stereocenters. The fourth-order valence-electron chi connectivity index (χ4n) is 1.91. The number of imide groups is 1. The number of hydroxylamine groups is 2. The molecule has 8 nitrogen and oxygen atoms in total. The lowest BCUT2D eigenvalue weighted by Gasteiger charge is -2.13. The van der Waals surface area contributed by atoms with Crippen LogP contribution in [0.3, 0.4) is 0 Å². The second kappa shape index (κ2) is 4.46. The topological polar surface area (TPSA) is 102 Å². The van der Waals surface area contributed by atoms with Crippen molar-refractivity contribution in [3.63, 3.8) is 0 Å². The number of carbonyl (C=O) groups is 4. The molecule has 0 saturated carbocycles. The Hall–Kier alpha value is -2.68. The average molecular weight is 274 g/mol. The van der Waals surface area contributed by atoms with E-state index in [-0.39, 0.29) is 17.7 Å². The van der Waals surface area contributed by atoms with Gasteiger partial charge in [-0.25, -0.2) is 0 Å². The van der Waals surface area contributed by atoms with Crippen molar-refractivity contribution >= 4 is 30.7 Å². The van der Waals surface area contributed by atoms with E-state index >= 15 is 0 Å². The van der Waals surface area contributed by atoms with Crippen LogP contribution in [0.4, 0.5) is 4.79 Å². The number of nitrogens with one attached hydrogen (secondary N) is 1. The second-order valence-corrected chi connectivity index (χ2v) is 4.11. The maximum Gasteiger partial charge on any atom is 0.579 e. The maximum atomic E-state index is 11.9. The first-order valence-electron chi connectivity index (χ1n) is 5.70. The van der Waals surface area contributed by atoms with Gasteiger partial charge in [-0.1, -0.05) is 17.2 Å². The van der Waals surface area contributed by atoms with Crippen LogP contribution in [-0.4, -0.2) is 42.3 Å². The van der Waals surface area contributed by atoms with Crippen molar-refractivity contribution in [2.75, 3.05) is 6.54 Å². The van der Waals surface area contributed by atoms with Crippen LogP contribution in [0.15, 0.2) is 24.3 Å². The third-order valence-corrected chi connectivity index (χ3v) is 2.83. The smallest absolute Gasteiger partial charge is 0.511 e. The van der Waals surface area contributed by atoms with Gasteiger partial charge in [0.25, 0.3) is 11.8 Å². The molecule has 1 N–H and O–H groups in total. The zero-order chi connectivity index (χ0) is 14.3. The molecule has 1 aromatic rings. The predicted octanol–water partition coefficient (Wildman–Crippen LogP) is -0.450. The standard InChI is InChI=1S/C11H7BN2O6/c15-8-5-13-12(19-8)11(18)20-14-9(16)6-3-1-2-4-7(6)10(14)17/h1-4,13H,5H2. The minimum atomic E-state index is -1.31. The van der Waals surface area contributed by atoms with E-state index in [9.17, 15) is 19.2 Å². The van der Waals surface area contributed by atoms with Gasteiger partial charge in [0.1, 0.15) is 0 Å². The van der Waals surface area contributed by atoms with E-state index in [1.54, 1.807) is 12.1 Å². The minimum absolute atomic E-state index is 0.137. The first-order valence-corrected chi connectivity index (χ1v) is 5.70. The molecule has 1 fully saturated rings. The molecule has 2 heterocycles. The van der Waals surface area contributed by atoms with Gasteiger partial charge >= 0.3 is 18.9 Å². The van der Waals surface area contributed by atoms with Crippen LogP contribution in [0.1, 0.15) is 20.7 Å². The molecule has 1 aromatic carbocycles. The van der Waals surface area contributed by atoms with E-state index in [1.165, 1.54) is 12.1 Å². The second-order valence-electron chi connectivity index (χ2n) is 4.11. The number of benzene rings is 1. The number of carbonyl (C=O) groups excluding carboxylic acids is 4. The van der Waals surface area contributed by atoms with Crippen LogP contribution in [-0.2, 0) is 14.3 Å². The molecule has 1 saturated heterocycles. The van der Waals surface area contributed by atoms with E-state index in [0.29, 0.717) is 5.06 Å². The quantitative estimate of drug-likeness (QED) is 0.575. The minimum Gasteiger partial charge on any atom is -0.511 e. The SMILES string of the molecule is O=C1CNB(C(=O)ON2C(=O)c3ccccc3C2=O)O1. The van der Waals surface area contributed by atoms with Crippen LogP contribution in [0.2, 0.25) is 0 Å². The number of amides is 2. The summed E-state index contributed by atoms with van der Waals surface area (Å²) in [6, 6.07) is 6.10. The van der Waals surface area contributed by atoms with Gasteiger partial charge in [-0.05, 0) is 12.1 Å². The Morgan fingerprint density at radius 2 is 1.80 bits per heavy atom. The number of nitrogens with zero attached hydrogens (tertiary/aromatic N) is 1. The molecule has 2 aliphatic rings. The highest BCUT2D eigenvalue weighted by molar-refractivity contribution is 6.84. The van der Waals surface area contributed by atoms with Crippen LogP contribution < -0.4 is 5.23 Å². The van der Waals surface area contributed by atoms with E-state index in [4.69, 9.17) is 4.84 Å². The number of hydrogen-bond donors (Lipinski definition) is 1. The average Bonchev–Trinajstić information content (AvgIpc) is 2.98. The maximum absolute atomic E-state index is 11.9. The van der Waals surface area contributed by atoms with E-state index in [0.717, 1.165) is 0 Å². The molecule has 0 radical (unpaired) electrons. The molecule has 0 bridgehead atoms. The summed E-state index contributed by atoms with van der Waals surface area (Å²) in [5.74, 6) is -3.12. The lowest BCUT2D eigenvalue weighted by Crippen LogP contribution is -2.43. The molecule has 0 aromatic heterocycles. The van der Waals surface area contributed by atoms with E-state index < -0.39 is 30.7 Å². The van der Waals surface area contributed by atoms with Gasteiger partial charge in [0.05, 0.1) is 17.7 Å². The summed E-state index contributed by atoms with van der Waals surface area (Å²) >= 11 is 0. The van der Waals surface area contributed by atoms with Gasteiger partial charge in [-0.3, -0.25) is 19.2 Å². The Bertz CT molecular complexity index is 611. The van der Waals surface area contributed by atoms with Gasteiger partial charge in [-0.15, -0.1) is 0 Å². The van der Waals surface area contributed by atoms with Crippen molar-refractivity contribution in [2.45, 2.75) is 0 Å². The summed E-state index contributed by atoms with van der Waals surface area (Å²) in [5, 5.41) is 2.80. The molecular formula is C11H7BN2O6. The third kappa shape index (κ3) is 1.84. The Labute approximate surface area is 112 Å². The van der Waals surface area contributed by atoms with Gasteiger partial charge in [-0.2, -0.15) is 0 Å². The Kier molecular flexibility index (Phi) is 2.76. The molecular weight excluding hydrogens is 267 g/mol. The molecule has 9 heteroatoms. The zero-order valence-corrected chi connectivity index (χ0v) is 9.99. The molecule has 2 aliphatic heterocycles. The van der Waals surface area contributed by atoms with Crippen molar-refractivity contribution in [1.82, 2.24) is 10.3 Å². The summed E-state index contributed by atoms with van der Waals surface area (Å²) in [6.45, 7) is -0.137. The lowest BCUT2D eigenvalue weighted by atomic mass is 9.85. The summed E-state index contributed by atoms with van der Waals surface area (Å²) in [4.78, 5) is 51.1. The molecule has 0 aliphatic carbocycles. The fraction of sp³-hybridized carbons (Fsp3) is 0.0909. The van der Waals surface area contributed by atoms with Crippen LogP contribution in [0, 0.1) is 0 Å². The largest absolute Gasteiger partial charge is 0.579 e. The van der Waals surface area contributed by atoms with E-state index in [2.05, 4.69) is 9.88 Å². The summed E-state index contributed by atoms with van der Waals surface area (Å²) < 4.78 is 4.61. The summed E-state index contributed by atoms with van der Waals surface area (Å²) in [6.07, 6.45) is 0. The Balaban J connectivity index is 1.77. The van der Waals surface area contributed by atoms with Crippen molar-refractivity contribution in [2.24, 2.45) is 0 Å². The van der Waals surface area contributed by atoms with Crippen LogP contribution in [0.25, 0.3) is 0 Å². The fourth-order valence-corrected chi connectivity index (χ4v) is 1.91. The van der Waals surface area contributed by atoms with Crippen molar-refractivity contribution in [3.8, 4) is 0 Å².